The second-order valence-corrected chi connectivity index (χ2v) is 8.64. The van der Waals surface area contributed by atoms with E-state index >= 15 is 0 Å². The minimum absolute atomic E-state index is 0.0916. The summed E-state index contributed by atoms with van der Waals surface area (Å²) in [5, 5.41) is 7.51. The van der Waals surface area contributed by atoms with Gasteiger partial charge in [0.2, 0.25) is 0 Å². The molecule has 1 aromatic heterocycles. The molecule has 1 aliphatic heterocycles. The van der Waals surface area contributed by atoms with Gasteiger partial charge in [0.25, 0.3) is 5.91 Å². The Bertz CT molecular complexity index is 1200. The van der Waals surface area contributed by atoms with Crippen LogP contribution in [-0.2, 0) is 14.3 Å². The van der Waals surface area contributed by atoms with Gasteiger partial charge in [0.1, 0.15) is 11.3 Å². The zero-order valence-electron chi connectivity index (χ0n) is 20.5. The van der Waals surface area contributed by atoms with E-state index in [2.05, 4.69) is 10.4 Å². The molecule has 1 fully saturated rings. The molecule has 1 saturated heterocycles. The molecule has 9 heteroatoms. The molecule has 0 spiro atoms. The first-order chi connectivity index (χ1) is 17.4. The molecule has 0 bridgehead atoms. The second-order valence-electron chi connectivity index (χ2n) is 8.64. The van der Waals surface area contributed by atoms with Crippen LogP contribution >= 0.6 is 0 Å². The third-order valence-electron chi connectivity index (χ3n) is 6.00. The number of aryl methyl sites for hydroxylation is 1. The van der Waals surface area contributed by atoms with Gasteiger partial charge in [-0.1, -0.05) is 48.0 Å². The lowest BCUT2D eigenvalue weighted by molar-refractivity contribution is -0.125. The summed E-state index contributed by atoms with van der Waals surface area (Å²) >= 11 is 0. The van der Waals surface area contributed by atoms with Crippen molar-refractivity contribution in [1.82, 2.24) is 20.0 Å². The average Bonchev–Trinajstić information content (AvgIpc) is 3.34. The van der Waals surface area contributed by atoms with Gasteiger partial charge < -0.3 is 19.7 Å². The molecule has 9 nitrogen and oxygen atoms in total. The quantitative estimate of drug-likeness (QED) is 0.506. The second kappa shape index (κ2) is 11.5. The number of hydrogen-bond donors (Lipinski definition) is 1. The Morgan fingerprint density at radius 2 is 1.69 bits per heavy atom. The van der Waals surface area contributed by atoms with Crippen LogP contribution in [0.2, 0.25) is 0 Å². The fourth-order valence-corrected chi connectivity index (χ4v) is 4.06. The van der Waals surface area contributed by atoms with Gasteiger partial charge >= 0.3 is 12.1 Å². The van der Waals surface area contributed by atoms with Crippen molar-refractivity contribution in [2.45, 2.75) is 32.7 Å². The summed E-state index contributed by atoms with van der Waals surface area (Å²) in [6.07, 6.45) is 2.51. The highest BCUT2D eigenvalue weighted by Crippen LogP contribution is 2.24. The van der Waals surface area contributed by atoms with Crippen molar-refractivity contribution >= 4 is 18.0 Å². The van der Waals surface area contributed by atoms with Crippen LogP contribution in [0.15, 0.2) is 60.8 Å². The van der Waals surface area contributed by atoms with Crippen LogP contribution in [0.25, 0.3) is 16.9 Å². The van der Waals surface area contributed by atoms with Crippen LogP contribution in [-0.4, -0.2) is 65.0 Å². The van der Waals surface area contributed by atoms with E-state index in [-0.39, 0.29) is 23.6 Å². The number of benzene rings is 2. The maximum Gasteiger partial charge on any atom is 0.409 e. The Hall–Kier alpha value is -4.14. The minimum Gasteiger partial charge on any atom is -0.452 e. The molecule has 2 amide bonds. The van der Waals surface area contributed by atoms with E-state index in [1.165, 1.54) is 0 Å². The molecule has 0 unspecified atom stereocenters. The van der Waals surface area contributed by atoms with Gasteiger partial charge in [0.15, 0.2) is 6.61 Å². The van der Waals surface area contributed by atoms with Crippen LogP contribution in [0.4, 0.5) is 4.79 Å². The van der Waals surface area contributed by atoms with E-state index < -0.39 is 12.6 Å². The number of esters is 1. The third-order valence-corrected chi connectivity index (χ3v) is 6.00. The van der Waals surface area contributed by atoms with E-state index in [9.17, 15) is 14.4 Å². The Kier molecular flexibility index (Phi) is 7.99. The van der Waals surface area contributed by atoms with E-state index in [1.54, 1.807) is 22.7 Å². The smallest absolute Gasteiger partial charge is 0.409 e. The minimum atomic E-state index is -0.625. The number of nitrogens with one attached hydrogen (secondary N) is 1. The van der Waals surface area contributed by atoms with Crippen molar-refractivity contribution < 1.29 is 23.9 Å². The maximum absolute atomic E-state index is 13.0. The van der Waals surface area contributed by atoms with Crippen molar-refractivity contribution in [1.29, 1.82) is 0 Å². The Labute approximate surface area is 210 Å². The number of nitrogens with zero attached hydrogens (tertiary/aromatic N) is 3. The monoisotopic (exact) mass is 490 g/mol. The van der Waals surface area contributed by atoms with Crippen LogP contribution in [0.5, 0.6) is 0 Å². The van der Waals surface area contributed by atoms with Gasteiger partial charge in [0.05, 0.1) is 12.3 Å². The van der Waals surface area contributed by atoms with Crippen molar-refractivity contribution in [2.24, 2.45) is 0 Å². The van der Waals surface area contributed by atoms with E-state index in [1.807, 2.05) is 61.5 Å². The van der Waals surface area contributed by atoms with Crippen molar-refractivity contribution in [3.8, 4) is 16.9 Å². The number of carbonyl (C=O) groups excluding carboxylic acids is 3. The summed E-state index contributed by atoms with van der Waals surface area (Å²) < 4.78 is 12.0. The number of ether oxygens (including phenoxy) is 2. The van der Waals surface area contributed by atoms with Gasteiger partial charge in [-0.3, -0.25) is 4.79 Å². The first kappa shape index (κ1) is 25.0. The predicted molar refractivity (Wildman–Crippen MR) is 134 cm³/mol. The normalized spacial score (nSPS) is 13.8. The number of amides is 2. The van der Waals surface area contributed by atoms with Crippen LogP contribution in [0.1, 0.15) is 35.7 Å². The van der Waals surface area contributed by atoms with Crippen molar-refractivity contribution in [3.63, 3.8) is 0 Å². The largest absolute Gasteiger partial charge is 0.452 e. The number of hydrogen-bond acceptors (Lipinski definition) is 6. The molecule has 36 heavy (non-hydrogen) atoms. The topological polar surface area (TPSA) is 103 Å². The molecule has 0 atom stereocenters. The molecule has 188 valence electrons. The van der Waals surface area contributed by atoms with Crippen molar-refractivity contribution in [2.75, 3.05) is 26.3 Å². The molecular formula is C27H30N4O5. The van der Waals surface area contributed by atoms with Crippen LogP contribution in [0.3, 0.4) is 0 Å². The summed E-state index contributed by atoms with van der Waals surface area (Å²) in [5.74, 6) is -1.01. The van der Waals surface area contributed by atoms with E-state index in [0.717, 1.165) is 16.8 Å². The number of likely N-dealkylation sites (tertiary alicyclic amines) is 1. The van der Waals surface area contributed by atoms with Gasteiger partial charge in [-0.15, -0.1) is 0 Å². The molecule has 0 radical (unpaired) electrons. The molecule has 0 saturated carbocycles. The maximum atomic E-state index is 13.0. The lowest BCUT2D eigenvalue weighted by Crippen LogP contribution is -2.47. The summed E-state index contributed by atoms with van der Waals surface area (Å²) in [7, 11) is 0. The van der Waals surface area contributed by atoms with Crippen molar-refractivity contribution in [3.05, 3.63) is 71.9 Å². The van der Waals surface area contributed by atoms with Gasteiger partial charge in [0, 0.05) is 30.9 Å². The highest BCUT2D eigenvalue weighted by atomic mass is 16.6. The van der Waals surface area contributed by atoms with Crippen LogP contribution in [0, 0.1) is 6.92 Å². The number of piperidine rings is 1. The third kappa shape index (κ3) is 6.10. The Morgan fingerprint density at radius 1 is 1.00 bits per heavy atom. The Morgan fingerprint density at radius 3 is 2.36 bits per heavy atom. The predicted octanol–water partition coefficient (Wildman–Crippen LogP) is 3.74. The number of rotatable bonds is 7. The lowest BCUT2D eigenvalue weighted by atomic mass is 10.1. The highest BCUT2D eigenvalue weighted by molar-refractivity contribution is 5.97. The highest BCUT2D eigenvalue weighted by Gasteiger charge is 2.25. The number of carbonyl (C=O) groups is 3. The van der Waals surface area contributed by atoms with Gasteiger partial charge in [-0.25, -0.2) is 14.3 Å². The summed E-state index contributed by atoms with van der Waals surface area (Å²) in [4.78, 5) is 38.9. The van der Waals surface area contributed by atoms with Crippen LogP contribution < -0.4 is 5.32 Å². The fourth-order valence-electron chi connectivity index (χ4n) is 4.06. The molecule has 4 rings (SSSR count). The molecular weight excluding hydrogens is 460 g/mol. The van der Waals surface area contributed by atoms with E-state index in [0.29, 0.717) is 38.2 Å². The average molecular weight is 491 g/mol. The first-order valence-electron chi connectivity index (χ1n) is 12.0. The SMILES string of the molecule is CCOC(=O)N1CCC(NC(=O)COC(=O)c2cn(-c3ccc(C)cc3)nc2-c2ccccc2)CC1. The molecule has 1 aliphatic rings. The lowest BCUT2D eigenvalue weighted by Gasteiger charge is -2.31. The van der Waals surface area contributed by atoms with Gasteiger partial charge in [-0.05, 0) is 38.8 Å². The number of aromatic nitrogens is 2. The Balaban J connectivity index is 1.39. The molecule has 3 aromatic rings. The standard InChI is InChI=1S/C27H30N4O5/c1-3-35-27(34)30-15-13-21(14-16-30)28-24(32)18-36-26(33)23-17-31(22-11-9-19(2)10-12-22)29-25(23)20-7-5-4-6-8-20/h4-12,17,21H,3,13-16,18H2,1-2H3,(H,28,32). The summed E-state index contributed by atoms with van der Waals surface area (Å²) in [6.45, 7) is 4.70. The first-order valence-corrected chi connectivity index (χ1v) is 12.0. The van der Waals surface area contributed by atoms with E-state index in [4.69, 9.17) is 9.47 Å². The molecule has 0 aliphatic carbocycles. The zero-order chi connectivity index (χ0) is 25.5. The summed E-state index contributed by atoms with van der Waals surface area (Å²) in [6, 6.07) is 17.1. The molecule has 2 aromatic carbocycles. The summed E-state index contributed by atoms with van der Waals surface area (Å²) in [5.41, 5.74) is 3.45. The van der Waals surface area contributed by atoms with Gasteiger partial charge in [-0.2, -0.15) is 5.10 Å². The fraction of sp³-hybridized carbons (Fsp3) is 0.333. The molecule has 1 N–H and O–H groups in total. The molecule has 2 heterocycles. The zero-order valence-corrected chi connectivity index (χ0v) is 20.5.